The molecule has 0 bridgehead atoms. The summed E-state index contributed by atoms with van der Waals surface area (Å²) in [5.41, 5.74) is -0.686. The van der Waals surface area contributed by atoms with Crippen molar-refractivity contribution in [3.63, 3.8) is 0 Å². The van der Waals surface area contributed by atoms with Crippen molar-refractivity contribution >= 4 is 5.69 Å². The predicted molar refractivity (Wildman–Crippen MR) is 76.5 cm³/mol. The minimum Gasteiger partial charge on any atom is -0.490 e. The van der Waals surface area contributed by atoms with E-state index in [9.17, 15) is 13.2 Å². The van der Waals surface area contributed by atoms with Gasteiger partial charge in [0.1, 0.15) is 5.41 Å². The molecule has 5 heteroatoms. The Labute approximate surface area is 122 Å². The quantitative estimate of drug-likeness (QED) is 0.675. The topological polar surface area (TPSA) is 12.5 Å². The largest absolute Gasteiger partial charge is 0.490 e. The van der Waals surface area contributed by atoms with E-state index in [1.165, 1.54) is 0 Å². The summed E-state index contributed by atoms with van der Waals surface area (Å²) in [6.07, 6.45) is -3.49. The zero-order valence-corrected chi connectivity index (χ0v) is 12.3. The lowest BCUT2D eigenvalue weighted by Crippen LogP contribution is -2.30. The van der Waals surface area contributed by atoms with Crippen LogP contribution in [0.1, 0.15) is 25.8 Å². The van der Waals surface area contributed by atoms with Crippen LogP contribution in [-0.2, 0) is 0 Å². The molecule has 0 saturated carbocycles. The molecular formula is C16H18F3NO. The molecule has 1 aromatic rings. The van der Waals surface area contributed by atoms with Crippen LogP contribution in [-0.4, -0.2) is 26.4 Å². The van der Waals surface area contributed by atoms with E-state index in [-0.39, 0.29) is 0 Å². The molecule has 0 N–H and O–H groups in total. The fourth-order valence-electron chi connectivity index (χ4n) is 1.97. The Hall–Kier alpha value is -1.83. The van der Waals surface area contributed by atoms with Gasteiger partial charge < -0.3 is 9.64 Å². The minimum absolute atomic E-state index is 0.499. The number of anilines is 1. The molecule has 1 heterocycles. The lowest BCUT2D eigenvalue weighted by Gasteiger charge is -2.21. The summed E-state index contributed by atoms with van der Waals surface area (Å²) in [5, 5.41) is 0. The number of hydrogen-bond acceptors (Lipinski definition) is 2. The van der Waals surface area contributed by atoms with Crippen molar-refractivity contribution in [2.75, 3.05) is 25.1 Å². The third-order valence-electron chi connectivity index (χ3n) is 3.51. The van der Waals surface area contributed by atoms with Gasteiger partial charge in [0.2, 0.25) is 0 Å². The monoisotopic (exact) mass is 297 g/mol. The SMILES string of the molecule is CN1CCCOc2c(C#CC(C)(C)C(F)(F)F)cccc21. The summed E-state index contributed by atoms with van der Waals surface area (Å²) in [5.74, 6) is 5.55. The number of fused-ring (bicyclic) bond motifs is 1. The normalized spacial score (nSPS) is 15.4. The highest BCUT2D eigenvalue weighted by Crippen LogP contribution is 2.37. The first-order chi connectivity index (χ1) is 9.72. The molecule has 2 rings (SSSR count). The van der Waals surface area contributed by atoms with Crippen LogP contribution in [0.15, 0.2) is 18.2 Å². The second-order valence-corrected chi connectivity index (χ2v) is 5.65. The zero-order valence-electron chi connectivity index (χ0n) is 12.3. The van der Waals surface area contributed by atoms with Crippen molar-refractivity contribution in [2.24, 2.45) is 5.41 Å². The van der Waals surface area contributed by atoms with Gasteiger partial charge in [-0.05, 0) is 32.4 Å². The second kappa shape index (κ2) is 5.51. The van der Waals surface area contributed by atoms with Crippen molar-refractivity contribution in [1.82, 2.24) is 0 Å². The van der Waals surface area contributed by atoms with Crippen LogP contribution in [0.3, 0.4) is 0 Å². The van der Waals surface area contributed by atoms with Crippen LogP contribution in [0.5, 0.6) is 5.75 Å². The number of nitrogens with zero attached hydrogens (tertiary/aromatic N) is 1. The number of rotatable bonds is 0. The Morgan fingerprint density at radius 3 is 2.62 bits per heavy atom. The second-order valence-electron chi connectivity index (χ2n) is 5.65. The van der Waals surface area contributed by atoms with Gasteiger partial charge in [0.25, 0.3) is 0 Å². The molecule has 0 aromatic heterocycles. The summed E-state index contributed by atoms with van der Waals surface area (Å²) in [7, 11) is 1.93. The van der Waals surface area contributed by atoms with Gasteiger partial charge in [-0.2, -0.15) is 13.2 Å². The molecule has 0 spiro atoms. The van der Waals surface area contributed by atoms with Crippen molar-refractivity contribution in [3.8, 4) is 17.6 Å². The first kappa shape index (κ1) is 15.6. The molecule has 1 aliphatic heterocycles. The van der Waals surface area contributed by atoms with Crippen LogP contribution in [0.4, 0.5) is 18.9 Å². The van der Waals surface area contributed by atoms with E-state index in [1.807, 2.05) is 18.0 Å². The summed E-state index contributed by atoms with van der Waals surface area (Å²) in [6.45, 7) is 3.54. The van der Waals surface area contributed by atoms with Crippen LogP contribution >= 0.6 is 0 Å². The molecule has 0 amide bonds. The number of ether oxygens (including phenoxy) is 1. The molecule has 0 aliphatic carbocycles. The Kier molecular flexibility index (Phi) is 4.08. The lowest BCUT2D eigenvalue weighted by atomic mass is 9.93. The first-order valence-corrected chi connectivity index (χ1v) is 6.79. The Morgan fingerprint density at radius 1 is 1.24 bits per heavy atom. The average Bonchev–Trinajstić information content (AvgIpc) is 2.58. The van der Waals surface area contributed by atoms with Crippen LogP contribution in [0, 0.1) is 17.3 Å². The Bertz CT molecular complexity index is 581. The van der Waals surface area contributed by atoms with Gasteiger partial charge >= 0.3 is 6.18 Å². The molecule has 114 valence electrons. The first-order valence-electron chi connectivity index (χ1n) is 6.79. The number of benzene rings is 1. The van der Waals surface area contributed by atoms with E-state index in [0.717, 1.165) is 32.5 Å². The van der Waals surface area contributed by atoms with Gasteiger partial charge in [-0.1, -0.05) is 17.9 Å². The molecule has 0 fully saturated rings. The van der Waals surface area contributed by atoms with E-state index in [1.54, 1.807) is 12.1 Å². The number of alkyl halides is 3. The van der Waals surface area contributed by atoms with Crippen LogP contribution in [0.25, 0.3) is 0 Å². The maximum atomic E-state index is 12.9. The van der Waals surface area contributed by atoms with E-state index in [4.69, 9.17) is 4.74 Å². The molecular weight excluding hydrogens is 279 g/mol. The molecule has 0 unspecified atom stereocenters. The van der Waals surface area contributed by atoms with Gasteiger partial charge in [0.15, 0.2) is 5.75 Å². The number of halogens is 3. The van der Waals surface area contributed by atoms with Gasteiger partial charge in [0.05, 0.1) is 17.9 Å². The van der Waals surface area contributed by atoms with Gasteiger partial charge in [-0.25, -0.2) is 0 Å². The average molecular weight is 297 g/mol. The third-order valence-corrected chi connectivity index (χ3v) is 3.51. The summed E-state index contributed by atoms with van der Waals surface area (Å²) < 4.78 is 44.3. The molecule has 21 heavy (non-hydrogen) atoms. The minimum atomic E-state index is -4.36. The van der Waals surface area contributed by atoms with E-state index in [2.05, 4.69) is 11.8 Å². The lowest BCUT2D eigenvalue weighted by molar-refractivity contribution is -0.190. The highest BCUT2D eigenvalue weighted by Gasteiger charge is 2.46. The van der Waals surface area contributed by atoms with E-state index < -0.39 is 11.6 Å². The molecule has 0 radical (unpaired) electrons. The van der Waals surface area contributed by atoms with E-state index in [0.29, 0.717) is 17.9 Å². The molecule has 0 saturated heterocycles. The maximum Gasteiger partial charge on any atom is 0.404 e. The zero-order chi connectivity index (χ0) is 15.7. The van der Waals surface area contributed by atoms with Gasteiger partial charge in [-0.15, -0.1) is 0 Å². The van der Waals surface area contributed by atoms with Crippen molar-refractivity contribution < 1.29 is 17.9 Å². The van der Waals surface area contributed by atoms with Crippen LogP contribution < -0.4 is 9.64 Å². The van der Waals surface area contributed by atoms with Crippen molar-refractivity contribution in [3.05, 3.63) is 23.8 Å². The van der Waals surface area contributed by atoms with Gasteiger partial charge in [0, 0.05) is 13.6 Å². The summed E-state index contributed by atoms with van der Waals surface area (Å²) in [6, 6.07) is 5.37. The standard InChI is InChI=1S/C16H18F3NO/c1-15(2,16(17,18)19)9-8-12-6-4-7-13-14(12)21-11-5-10-20(13)3/h4,6-7H,5,10-11H2,1-3H3. The Balaban J connectivity index is 2.42. The number of para-hydroxylation sites is 1. The maximum absolute atomic E-state index is 12.9. The fourth-order valence-corrected chi connectivity index (χ4v) is 1.97. The molecule has 1 aromatic carbocycles. The number of hydrogen-bond donors (Lipinski definition) is 0. The molecule has 2 nitrogen and oxygen atoms in total. The summed E-state index contributed by atoms with van der Waals surface area (Å²) >= 11 is 0. The summed E-state index contributed by atoms with van der Waals surface area (Å²) in [4.78, 5) is 2.03. The highest BCUT2D eigenvalue weighted by atomic mass is 19.4. The van der Waals surface area contributed by atoms with Crippen LogP contribution in [0.2, 0.25) is 0 Å². The predicted octanol–water partition coefficient (Wildman–Crippen LogP) is 3.85. The molecule has 0 atom stereocenters. The third kappa shape index (κ3) is 3.26. The highest BCUT2D eigenvalue weighted by molar-refractivity contribution is 5.66. The van der Waals surface area contributed by atoms with Crippen molar-refractivity contribution in [1.29, 1.82) is 0 Å². The van der Waals surface area contributed by atoms with Gasteiger partial charge in [-0.3, -0.25) is 0 Å². The van der Waals surface area contributed by atoms with E-state index >= 15 is 0 Å². The van der Waals surface area contributed by atoms with Crippen molar-refractivity contribution in [2.45, 2.75) is 26.4 Å². The smallest absolute Gasteiger partial charge is 0.404 e. The Morgan fingerprint density at radius 2 is 1.95 bits per heavy atom. The fraction of sp³-hybridized carbons (Fsp3) is 0.500. The molecule has 1 aliphatic rings.